The van der Waals surface area contributed by atoms with Crippen LogP contribution in [0.4, 0.5) is 0 Å². The highest BCUT2D eigenvalue weighted by atomic mass is 32.1. The van der Waals surface area contributed by atoms with Crippen LogP contribution in [0.5, 0.6) is 0 Å². The van der Waals surface area contributed by atoms with E-state index < -0.39 is 5.97 Å². The first-order valence-electron chi connectivity index (χ1n) is 5.53. The molecular weight excluding hydrogens is 284 g/mol. The first-order chi connectivity index (χ1) is 9.19. The van der Waals surface area contributed by atoms with Gasteiger partial charge in [0, 0.05) is 12.4 Å². The Morgan fingerprint density at radius 3 is 2.95 bits per heavy atom. The van der Waals surface area contributed by atoms with Crippen LogP contribution < -0.4 is 5.32 Å². The second-order valence-electron chi connectivity index (χ2n) is 3.63. The van der Waals surface area contributed by atoms with E-state index in [1.165, 1.54) is 18.4 Å². The van der Waals surface area contributed by atoms with Gasteiger partial charge in [-0.2, -0.15) is 0 Å². The van der Waals surface area contributed by atoms with Crippen molar-refractivity contribution in [1.82, 2.24) is 10.3 Å². The molecule has 2 aromatic rings. The molecule has 7 heteroatoms. The number of ether oxygens (including phenoxy) is 1. The minimum atomic E-state index is -0.452. The number of aromatic nitrogens is 1. The van der Waals surface area contributed by atoms with Gasteiger partial charge in [0.2, 0.25) is 0 Å². The zero-order valence-electron chi connectivity index (χ0n) is 10.2. The third-order valence-corrected chi connectivity index (χ3v) is 4.18. The Hall–Kier alpha value is -1.73. The zero-order valence-corrected chi connectivity index (χ0v) is 11.8. The number of carbonyl (C=O) groups is 2. The highest BCUT2D eigenvalue weighted by molar-refractivity contribution is 7.20. The molecule has 0 aromatic carbocycles. The second-order valence-corrected chi connectivity index (χ2v) is 5.44. The lowest BCUT2D eigenvalue weighted by Crippen LogP contribution is -2.25. The molecule has 2 rings (SSSR count). The predicted molar refractivity (Wildman–Crippen MR) is 74.2 cm³/mol. The van der Waals surface area contributed by atoms with Crippen molar-refractivity contribution in [2.75, 3.05) is 13.7 Å². The molecule has 2 heterocycles. The monoisotopic (exact) mass is 296 g/mol. The molecular formula is C12H12N2O3S2. The lowest BCUT2D eigenvalue weighted by atomic mass is 10.3. The molecule has 0 saturated heterocycles. The van der Waals surface area contributed by atoms with Gasteiger partial charge >= 0.3 is 5.97 Å². The Morgan fingerprint density at radius 1 is 1.42 bits per heavy atom. The first-order valence-corrected chi connectivity index (χ1v) is 7.29. The molecule has 100 valence electrons. The summed E-state index contributed by atoms with van der Waals surface area (Å²) in [5.74, 6) is -0.780. The van der Waals surface area contributed by atoms with E-state index in [1.807, 2.05) is 22.9 Å². The second kappa shape index (κ2) is 6.44. The summed E-state index contributed by atoms with van der Waals surface area (Å²) in [5, 5.41) is 7.08. The van der Waals surface area contributed by atoms with Gasteiger partial charge in [-0.05, 0) is 11.4 Å². The van der Waals surface area contributed by atoms with Gasteiger partial charge in [-0.3, -0.25) is 9.59 Å². The summed E-state index contributed by atoms with van der Waals surface area (Å²) in [7, 11) is 1.49. The van der Waals surface area contributed by atoms with Gasteiger partial charge in [-0.15, -0.1) is 22.7 Å². The van der Waals surface area contributed by atoms with Crippen LogP contribution >= 0.6 is 22.7 Å². The van der Waals surface area contributed by atoms with Crippen LogP contribution in [-0.2, 0) is 20.7 Å². The molecule has 0 radical (unpaired) electrons. The van der Waals surface area contributed by atoms with Gasteiger partial charge < -0.3 is 10.1 Å². The van der Waals surface area contributed by atoms with Crippen LogP contribution in [0.1, 0.15) is 5.69 Å². The number of carbonyl (C=O) groups excluding carboxylic acids is 2. The number of nitrogens with zero attached hydrogens (tertiary/aromatic N) is 1. The maximum atomic E-state index is 11.5. The van der Waals surface area contributed by atoms with Gasteiger partial charge in [-0.25, -0.2) is 4.98 Å². The topological polar surface area (TPSA) is 68.3 Å². The molecule has 0 aliphatic carbocycles. The fourth-order valence-electron chi connectivity index (χ4n) is 1.32. The average Bonchev–Trinajstić information content (AvgIpc) is 3.06. The number of nitrogens with one attached hydrogen (secondary N) is 1. The van der Waals surface area contributed by atoms with E-state index in [1.54, 1.807) is 11.3 Å². The highest BCUT2D eigenvalue weighted by Crippen LogP contribution is 2.27. The average molecular weight is 296 g/mol. The van der Waals surface area contributed by atoms with Gasteiger partial charge in [0.1, 0.15) is 5.01 Å². The Labute approximate surface area is 118 Å². The summed E-state index contributed by atoms with van der Waals surface area (Å²) >= 11 is 3.09. The molecule has 0 aliphatic rings. The molecule has 0 bridgehead atoms. The van der Waals surface area contributed by atoms with E-state index in [-0.39, 0.29) is 18.9 Å². The summed E-state index contributed by atoms with van der Waals surface area (Å²) in [6, 6.07) is 3.94. The maximum absolute atomic E-state index is 11.5. The summed E-state index contributed by atoms with van der Waals surface area (Å²) in [5.41, 5.74) is 0.662. The van der Waals surface area contributed by atoms with Gasteiger partial charge in [-0.1, -0.05) is 6.07 Å². The van der Waals surface area contributed by atoms with Crippen molar-refractivity contribution < 1.29 is 14.3 Å². The predicted octanol–water partition coefficient (Wildman–Crippen LogP) is 1.70. The van der Waals surface area contributed by atoms with Crippen LogP contribution in [0.2, 0.25) is 0 Å². The smallest absolute Gasteiger partial charge is 0.312 e. The van der Waals surface area contributed by atoms with Crippen molar-refractivity contribution in [3.05, 3.63) is 28.6 Å². The lowest BCUT2D eigenvalue weighted by molar-refractivity contribution is -0.147. The molecule has 0 fully saturated rings. The normalized spacial score (nSPS) is 10.2. The summed E-state index contributed by atoms with van der Waals surface area (Å²) in [4.78, 5) is 27.9. The van der Waals surface area contributed by atoms with Crippen molar-refractivity contribution in [3.8, 4) is 9.88 Å². The van der Waals surface area contributed by atoms with Crippen molar-refractivity contribution in [1.29, 1.82) is 0 Å². The van der Waals surface area contributed by atoms with Gasteiger partial charge in [0.05, 0.1) is 17.0 Å². The van der Waals surface area contributed by atoms with Crippen LogP contribution in [0.3, 0.4) is 0 Å². The molecule has 0 unspecified atom stereocenters. The molecule has 1 amide bonds. The van der Waals surface area contributed by atoms with Crippen molar-refractivity contribution >= 4 is 34.6 Å². The highest BCUT2D eigenvalue weighted by Gasteiger charge is 2.11. The van der Waals surface area contributed by atoms with E-state index in [0.29, 0.717) is 5.69 Å². The Bertz CT molecular complexity index is 563. The number of likely N-dealkylation sites (N-methyl/N-ethyl adjacent to an activating group) is 1. The summed E-state index contributed by atoms with van der Waals surface area (Å²) < 4.78 is 4.81. The quantitative estimate of drug-likeness (QED) is 0.853. The number of rotatable bonds is 5. The molecule has 0 atom stereocenters. The Kier molecular flexibility index (Phi) is 4.64. The molecule has 5 nitrogen and oxygen atoms in total. The van der Waals surface area contributed by atoms with E-state index in [2.05, 4.69) is 10.3 Å². The van der Waals surface area contributed by atoms with Gasteiger partial charge in [0.25, 0.3) is 5.91 Å². The molecule has 0 spiro atoms. The number of thiophene rings is 1. The minimum absolute atomic E-state index is 0.0822. The van der Waals surface area contributed by atoms with Crippen molar-refractivity contribution in [2.24, 2.45) is 0 Å². The minimum Gasteiger partial charge on any atom is -0.455 e. The standard InChI is InChI=1S/C12H12N2O3S2/c1-13-10(15)6-17-11(16)5-8-7-19-12(14-8)9-3-2-4-18-9/h2-4,7H,5-6H2,1H3,(H,13,15). The van der Waals surface area contributed by atoms with Crippen LogP contribution in [0.15, 0.2) is 22.9 Å². The van der Waals surface area contributed by atoms with E-state index in [0.717, 1.165) is 9.88 Å². The fraction of sp³-hybridized carbons (Fsp3) is 0.250. The van der Waals surface area contributed by atoms with Crippen molar-refractivity contribution in [3.63, 3.8) is 0 Å². The van der Waals surface area contributed by atoms with Crippen molar-refractivity contribution in [2.45, 2.75) is 6.42 Å². The Balaban J connectivity index is 1.89. The van der Waals surface area contributed by atoms with Crippen LogP contribution in [-0.4, -0.2) is 30.5 Å². The molecule has 2 aromatic heterocycles. The SMILES string of the molecule is CNC(=O)COC(=O)Cc1csc(-c2cccs2)n1. The number of amides is 1. The largest absolute Gasteiger partial charge is 0.455 e. The van der Waals surface area contributed by atoms with Gasteiger partial charge in [0.15, 0.2) is 6.61 Å². The maximum Gasteiger partial charge on any atom is 0.312 e. The number of hydrogen-bond donors (Lipinski definition) is 1. The number of hydrogen-bond acceptors (Lipinski definition) is 6. The molecule has 1 N–H and O–H groups in total. The summed E-state index contributed by atoms with van der Waals surface area (Å²) in [6.45, 7) is -0.253. The molecule has 19 heavy (non-hydrogen) atoms. The fourth-order valence-corrected chi connectivity index (χ4v) is 2.95. The summed E-state index contributed by atoms with van der Waals surface area (Å²) in [6.07, 6.45) is 0.0822. The van der Waals surface area contributed by atoms with Crippen LogP contribution in [0.25, 0.3) is 9.88 Å². The third-order valence-electron chi connectivity index (χ3n) is 2.25. The molecule has 0 saturated carbocycles. The molecule has 0 aliphatic heterocycles. The van der Waals surface area contributed by atoms with Crippen LogP contribution in [0, 0.1) is 0 Å². The first kappa shape index (κ1) is 13.7. The number of thiazole rings is 1. The number of esters is 1. The van der Waals surface area contributed by atoms with E-state index in [9.17, 15) is 9.59 Å². The van der Waals surface area contributed by atoms with E-state index in [4.69, 9.17) is 4.74 Å². The Morgan fingerprint density at radius 2 is 2.26 bits per heavy atom. The zero-order chi connectivity index (χ0) is 13.7. The third kappa shape index (κ3) is 3.87. The lowest BCUT2D eigenvalue weighted by Gasteiger charge is -2.01. The van der Waals surface area contributed by atoms with E-state index >= 15 is 0 Å².